The number of amides is 1. The lowest BCUT2D eigenvalue weighted by atomic mass is 9.84. The summed E-state index contributed by atoms with van der Waals surface area (Å²) in [4.78, 5) is 37.8. The van der Waals surface area contributed by atoms with E-state index in [2.05, 4.69) is 10.3 Å². The second-order valence-electron chi connectivity index (χ2n) is 5.62. The van der Waals surface area contributed by atoms with E-state index in [9.17, 15) is 19.5 Å². The molecular formula is C14H16N2O4. The summed E-state index contributed by atoms with van der Waals surface area (Å²) in [7, 11) is 0. The van der Waals surface area contributed by atoms with Crippen LogP contribution in [0.4, 0.5) is 0 Å². The van der Waals surface area contributed by atoms with Gasteiger partial charge in [0.1, 0.15) is 5.56 Å². The maximum Gasteiger partial charge on any atom is 0.308 e. The first-order valence-corrected chi connectivity index (χ1v) is 6.78. The van der Waals surface area contributed by atoms with Crippen LogP contribution in [-0.2, 0) is 4.79 Å². The van der Waals surface area contributed by atoms with Gasteiger partial charge in [-0.05, 0) is 31.1 Å². The lowest BCUT2D eigenvalue weighted by molar-refractivity contribution is -0.144. The van der Waals surface area contributed by atoms with Gasteiger partial charge in [0.15, 0.2) is 5.43 Å². The van der Waals surface area contributed by atoms with E-state index >= 15 is 0 Å². The van der Waals surface area contributed by atoms with Crippen LogP contribution in [0.5, 0.6) is 0 Å². The molecule has 0 radical (unpaired) electrons. The molecule has 20 heavy (non-hydrogen) atoms. The Morgan fingerprint density at radius 2 is 2.05 bits per heavy atom. The Hall–Kier alpha value is -2.11. The lowest BCUT2D eigenvalue weighted by Gasteiger charge is -2.28. The Labute approximate surface area is 115 Å². The molecule has 1 heterocycles. The maximum absolute atomic E-state index is 12.1. The van der Waals surface area contributed by atoms with Crippen molar-refractivity contribution in [2.24, 2.45) is 17.8 Å². The van der Waals surface area contributed by atoms with Gasteiger partial charge in [-0.3, -0.25) is 14.4 Å². The van der Waals surface area contributed by atoms with Crippen molar-refractivity contribution >= 4 is 11.9 Å². The molecule has 2 bridgehead atoms. The van der Waals surface area contributed by atoms with Gasteiger partial charge in [0.05, 0.1) is 5.92 Å². The number of carbonyl (C=O) groups excluding carboxylic acids is 1. The third-order valence-corrected chi connectivity index (χ3v) is 4.57. The van der Waals surface area contributed by atoms with Crippen molar-refractivity contribution in [2.45, 2.75) is 25.3 Å². The Bertz CT molecular complexity index is 609. The molecule has 3 N–H and O–H groups in total. The minimum atomic E-state index is -0.857. The molecule has 2 saturated carbocycles. The average molecular weight is 276 g/mol. The zero-order valence-electron chi connectivity index (χ0n) is 10.8. The summed E-state index contributed by atoms with van der Waals surface area (Å²) in [6, 6.07) is 0.920. The van der Waals surface area contributed by atoms with Crippen molar-refractivity contribution < 1.29 is 14.7 Å². The Balaban J connectivity index is 1.80. The number of hydrogen-bond acceptors (Lipinski definition) is 3. The van der Waals surface area contributed by atoms with Crippen LogP contribution in [0.15, 0.2) is 23.3 Å². The van der Waals surface area contributed by atoms with Gasteiger partial charge in [-0.1, -0.05) is 0 Å². The summed E-state index contributed by atoms with van der Waals surface area (Å²) in [5, 5.41) is 12.1. The van der Waals surface area contributed by atoms with Gasteiger partial charge >= 0.3 is 5.97 Å². The quantitative estimate of drug-likeness (QED) is 0.753. The largest absolute Gasteiger partial charge is 0.481 e. The predicted octanol–water partition coefficient (Wildman–Crippen LogP) is 0.604. The van der Waals surface area contributed by atoms with Crippen molar-refractivity contribution in [1.82, 2.24) is 10.3 Å². The highest BCUT2D eigenvalue weighted by Crippen LogP contribution is 2.48. The monoisotopic (exact) mass is 276 g/mol. The summed E-state index contributed by atoms with van der Waals surface area (Å²) in [6.07, 6.45) is 5.52. The van der Waals surface area contributed by atoms with E-state index in [-0.39, 0.29) is 28.9 Å². The number of aliphatic carboxylic acids is 1. The molecule has 0 spiro atoms. The second-order valence-corrected chi connectivity index (χ2v) is 5.62. The second kappa shape index (κ2) is 4.77. The van der Waals surface area contributed by atoms with Crippen molar-refractivity contribution in [1.29, 1.82) is 0 Å². The molecular weight excluding hydrogens is 260 g/mol. The first-order chi connectivity index (χ1) is 9.58. The van der Waals surface area contributed by atoms with E-state index in [1.165, 1.54) is 18.5 Å². The number of nitrogens with one attached hydrogen (secondary N) is 2. The summed E-state index contributed by atoms with van der Waals surface area (Å²) in [5.41, 5.74) is -0.337. The number of rotatable bonds is 3. The fraction of sp³-hybridized carbons (Fsp3) is 0.500. The number of aromatic amines is 1. The van der Waals surface area contributed by atoms with E-state index in [1.54, 1.807) is 0 Å². The average Bonchev–Trinajstić information content (AvgIpc) is 2.99. The molecule has 6 heteroatoms. The molecule has 3 rings (SSSR count). The van der Waals surface area contributed by atoms with Gasteiger partial charge < -0.3 is 15.4 Å². The van der Waals surface area contributed by atoms with E-state index in [0.717, 1.165) is 19.3 Å². The van der Waals surface area contributed by atoms with E-state index in [1.807, 2.05) is 0 Å². The van der Waals surface area contributed by atoms with Gasteiger partial charge in [-0.2, -0.15) is 0 Å². The normalized spacial score (nSPS) is 31.2. The van der Waals surface area contributed by atoms with E-state index < -0.39 is 17.8 Å². The van der Waals surface area contributed by atoms with Crippen LogP contribution in [0, 0.1) is 17.8 Å². The fourth-order valence-electron chi connectivity index (χ4n) is 3.68. The molecule has 0 saturated heterocycles. The van der Waals surface area contributed by atoms with Gasteiger partial charge in [0.25, 0.3) is 5.91 Å². The number of H-pyrrole nitrogens is 1. The highest BCUT2D eigenvalue weighted by molar-refractivity contribution is 5.94. The Morgan fingerprint density at radius 1 is 1.30 bits per heavy atom. The topological polar surface area (TPSA) is 99.3 Å². The zero-order valence-corrected chi connectivity index (χ0v) is 10.8. The SMILES string of the molecule is O=C(NC1C2CCC(C2)C1C(=O)O)c1c[nH]ccc1=O. The summed E-state index contributed by atoms with van der Waals surface area (Å²) >= 11 is 0. The third-order valence-electron chi connectivity index (χ3n) is 4.57. The predicted molar refractivity (Wildman–Crippen MR) is 70.3 cm³/mol. The highest BCUT2D eigenvalue weighted by atomic mass is 16.4. The molecule has 0 aromatic carbocycles. The van der Waals surface area contributed by atoms with Crippen LogP contribution in [0.3, 0.4) is 0 Å². The molecule has 0 aliphatic heterocycles. The van der Waals surface area contributed by atoms with Gasteiger partial charge in [0.2, 0.25) is 0 Å². The number of hydrogen-bond donors (Lipinski definition) is 3. The Morgan fingerprint density at radius 3 is 2.75 bits per heavy atom. The lowest BCUT2D eigenvalue weighted by Crippen LogP contribution is -2.47. The van der Waals surface area contributed by atoms with Crippen molar-refractivity contribution in [3.63, 3.8) is 0 Å². The molecule has 1 aromatic rings. The fourth-order valence-corrected chi connectivity index (χ4v) is 3.68. The van der Waals surface area contributed by atoms with Crippen LogP contribution >= 0.6 is 0 Å². The highest BCUT2D eigenvalue weighted by Gasteiger charge is 2.51. The number of pyridine rings is 1. The zero-order chi connectivity index (χ0) is 14.3. The van der Waals surface area contributed by atoms with Crippen LogP contribution < -0.4 is 10.7 Å². The van der Waals surface area contributed by atoms with E-state index in [4.69, 9.17) is 0 Å². The Kier molecular flexibility index (Phi) is 3.08. The molecule has 2 aliphatic carbocycles. The van der Waals surface area contributed by atoms with Crippen LogP contribution in [0.2, 0.25) is 0 Å². The summed E-state index contributed by atoms with van der Waals surface area (Å²) in [5.74, 6) is -1.51. The molecule has 106 valence electrons. The third kappa shape index (κ3) is 2.01. The molecule has 4 atom stereocenters. The molecule has 1 amide bonds. The van der Waals surface area contributed by atoms with Crippen molar-refractivity contribution in [3.05, 3.63) is 34.2 Å². The maximum atomic E-state index is 12.1. The van der Waals surface area contributed by atoms with Gasteiger partial charge in [-0.15, -0.1) is 0 Å². The molecule has 2 fully saturated rings. The van der Waals surface area contributed by atoms with Crippen LogP contribution in [-0.4, -0.2) is 28.0 Å². The molecule has 6 nitrogen and oxygen atoms in total. The minimum absolute atomic E-state index is 0.0272. The number of fused-ring (bicyclic) bond motifs is 2. The summed E-state index contributed by atoms with van der Waals surface area (Å²) < 4.78 is 0. The number of carbonyl (C=O) groups is 2. The van der Waals surface area contributed by atoms with Crippen molar-refractivity contribution in [3.8, 4) is 0 Å². The van der Waals surface area contributed by atoms with Gasteiger partial charge in [-0.25, -0.2) is 0 Å². The van der Waals surface area contributed by atoms with Crippen molar-refractivity contribution in [2.75, 3.05) is 0 Å². The minimum Gasteiger partial charge on any atom is -0.481 e. The smallest absolute Gasteiger partial charge is 0.308 e. The number of carboxylic acid groups (broad SMARTS) is 1. The summed E-state index contributed by atoms with van der Waals surface area (Å²) in [6.45, 7) is 0. The first kappa shape index (κ1) is 12.9. The first-order valence-electron chi connectivity index (χ1n) is 6.78. The number of aromatic nitrogens is 1. The van der Waals surface area contributed by atoms with E-state index in [0.29, 0.717) is 0 Å². The van der Waals surface area contributed by atoms with Crippen LogP contribution in [0.1, 0.15) is 29.6 Å². The van der Waals surface area contributed by atoms with Crippen LogP contribution in [0.25, 0.3) is 0 Å². The molecule has 2 aliphatic rings. The standard InChI is InChI=1S/C14H16N2O4/c17-10-3-4-15-6-9(10)13(18)16-12-8-2-1-7(5-8)11(12)14(19)20/h3-4,6-8,11-12H,1-2,5H2,(H,15,17)(H,16,18)(H,19,20). The number of carboxylic acids is 1. The molecule has 1 aromatic heterocycles. The molecule has 4 unspecified atom stereocenters. The van der Waals surface area contributed by atoms with Gasteiger partial charge in [0, 0.05) is 24.5 Å².